The first kappa shape index (κ1) is 18.6. The van der Waals surface area contributed by atoms with Crippen molar-refractivity contribution >= 4 is 5.91 Å². The van der Waals surface area contributed by atoms with Gasteiger partial charge in [-0.1, -0.05) is 6.07 Å². The summed E-state index contributed by atoms with van der Waals surface area (Å²) in [5.74, 6) is 0.564. The van der Waals surface area contributed by atoms with Crippen LogP contribution in [0.1, 0.15) is 30.3 Å². The van der Waals surface area contributed by atoms with Gasteiger partial charge in [0.05, 0.1) is 26.7 Å². The molecule has 2 aliphatic heterocycles. The second kappa shape index (κ2) is 7.33. The third kappa shape index (κ3) is 3.27. The zero-order valence-electron chi connectivity index (χ0n) is 15.4. The maximum atomic E-state index is 13.5. The van der Waals surface area contributed by atoms with Gasteiger partial charge in [-0.3, -0.25) is 9.36 Å². The molecule has 2 aliphatic rings. The predicted molar refractivity (Wildman–Crippen MR) is 94.7 cm³/mol. The van der Waals surface area contributed by atoms with Gasteiger partial charge < -0.3 is 9.64 Å². The summed E-state index contributed by atoms with van der Waals surface area (Å²) in [5.41, 5.74) is 0.359. The number of fused-ring (bicyclic) bond motifs is 1. The fourth-order valence-corrected chi connectivity index (χ4v) is 3.78. The number of halogens is 2. The molecule has 4 heterocycles. The molecule has 1 amide bonds. The molecule has 0 radical (unpaired) electrons. The van der Waals surface area contributed by atoms with Crippen LogP contribution in [-0.4, -0.2) is 62.7 Å². The maximum absolute atomic E-state index is 13.5. The van der Waals surface area contributed by atoms with Crippen molar-refractivity contribution in [3.05, 3.63) is 40.2 Å². The third-order valence-corrected chi connectivity index (χ3v) is 5.25. The lowest BCUT2D eigenvalue weighted by Crippen LogP contribution is -2.42. The molecule has 150 valence electrons. The molecule has 0 spiro atoms. The number of hydrogen-bond donors (Lipinski definition) is 0. The van der Waals surface area contributed by atoms with Crippen molar-refractivity contribution < 1.29 is 18.3 Å². The Bertz CT molecular complexity index is 916. The van der Waals surface area contributed by atoms with E-state index in [0.717, 1.165) is 5.56 Å². The predicted octanol–water partition coefficient (Wildman–Crippen LogP) is 0.892. The van der Waals surface area contributed by atoms with Gasteiger partial charge in [-0.25, -0.2) is 23.2 Å². The lowest BCUT2D eigenvalue weighted by atomic mass is 10.0. The van der Waals surface area contributed by atoms with E-state index in [4.69, 9.17) is 4.74 Å². The Kier molecular flexibility index (Phi) is 4.86. The van der Waals surface area contributed by atoms with Crippen molar-refractivity contribution in [2.75, 3.05) is 20.2 Å². The van der Waals surface area contributed by atoms with E-state index in [0.29, 0.717) is 31.0 Å². The number of methoxy groups -OCH3 is 1. The topological polar surface area (TPSA) is 82.2 Å². The molecule has 0 bridgehead atoms. The zero-order valence-corrected chi connectivity index (χ0v) is 15.4. The van der Waals surface area contributed by atoms with Crippen molar-refractivity contribution in [1.82, 2.24) is 24.2 Å². The number of alkyl halides is 2. The molecular formula is C18H21F2N5O3. The number of carbonyl (C=O) groups is 1. The number of rotatable bonds is 4. The summed E-state index contributed by atoms with van der Waals surface area (Å²) in [6, 6.07) is 2.71. The highest BCUT2D eigenvalue weighted by Crippen LogP contribution is 2.27. The van der Waals surface area contributed by atoms with E-state index in [-0.39, 0.29) is 19.6 Å². The number of hydrogen-bond acceptors (Lipinski definition) is 5. The molecule has 3 atom stereocenters. The lowest BCUT2D eigenvalue weighted by molar-refractivity contribution is -0.134. The normalized spacial score (nSPS) is 24.2. The van der Waals surface area contributed by atoms with Crippen LogP contribution >= 0.6 is 0 Å². The van der Waals surface area contributed by atoms with E-state index in [2.05, 4.69) is 10.1 Å². The highest BCUT2D eigenvalue weighted by atomic mass is 19.2. The average Bonchev–Trinajstić information content (AvgIpc) is 3.21. The Labute approximate surface area is 159 Å². The fraction of sp³-hybridized carbons (Fsp3) is 0.556. The van der Waals surface area contributed by atoms with E-state index in [1.165, 1.54) is 21.3 Å². The molecule has 1 fully saturated rings. The van der Waals surface area contributed by atoms with Gasteiger partial charge in [0, 0.05) is 18.7 Å². The van der Waals surface area contributed by atoms with Gasteiger partial charge in [-0.05, 0) is 18.4 Å². The molecule has 2 aromatic heterocycles. The standard InChI is InChI=1S/C18H21F2N5O3/c1-28-16-6-5-11(7-21-16)8-24-18(27)25-14(3-2-4-15(25)22-24)17(26)23-9-12(19)13(20)10-23/h5-7,12-14H,2-4,8-10H2,1H3/t12-,13+,14-/m0/s1. The Hall–Kier alpha value is -2.78. The minimum Gasteiger partial charge on any atom is -0.481 e. The van der Waals surface area contributed by atoms with Crippen molar-refractivity contribution in [3.63, 3.8) is 0 Å². The summed E-state index contributed by atoms with van der Waals surface area (Å²) in [5, 5.41) is 4.37. The molecule has 0 N–H and O–H groups in total. The van der Waals surface area contributed by atoms with Crippen molar-refractivity contribution in [2.45, 2.75) is 44.2 Å². The first-order valence-corrected chi connectivity index (χ1v) is 9.22. The average molecular weight is 393 g/mol. The van der Waals surface area contributed by atoms with Crippen LogP contribution in [0.25, 0.3) is 0 Å². The van der Waals surface area contributed by atoms with Crippen LogP contribution in [0.15, 0.2) is 23.1 Å². The minimum atomic E-state index is -1.67. The van der Waals surface area contributed by atoms with Gasteiger partial charge in [-0.15, -0.1) is 0 Å². The first-order valence-electron chi connectivity index (χ1n) is 9.22. The first-order chi connectivity index (χ1) is 13.5. The summed E-state index contributed by atoms with van der Waals surface area (Å²) in [6.07, 6.45) is -0.0404. The van der Waals surface area contributed by atoms with Crippen LogP contribution in [0.5, 0.6) is 5.88 Å². The van der Waals surface area contributed by atoms with Crippen LogP contribution in [0.2, 0.25) is 0 Å². The van der Waals surface area contributed by atoms with E-state index >= 15 is 0 Å². The van der Waals surface area contributed by atoms with Gasteiger partial charge in [0.1, 0.15) is 11.9 Å². The van der Waals surface area contributed by atoms with E-state index in [1.54, 1.807) is 18.3 Å². The highest BCUT2D eigenvalue weighted by molar-refractivity contribution is 5.81. The largest absolute Gasteiger partial charge is 0.481 e. The van der Waals surface area contributed by atoms with Crippen LogP contribution in [0, 0.1) is 0 Å². The number of ether oxygens (including phenoxy) is 1. The van der Waals surface area contributed by atoms with Gasteiger partial charge in [0.2, 0.25) is 11.8 Å². The number of pyridine rings is 1. The minimum absolute atomic E-state index is 0.208. The van der Waals surface area contributed by atoms with E-state index in [9.17, 15) is 18.4 Å². The summed E-state index contributed by atoms with van der Waals surface area (Å²) >= 11 is 0. The van der Waals surface area contributed by atoms with Crippen LogP contribution in [-0.2, 0) is 17.8 Å². The molecular weight excluding hydrogens is 372 g/mol. The monoisotopic (exact) mass is 393 g/mol. The zero-order chi connectivity index (χ0) is 19.8. The Morgan fingerprint density at radius 1 is 1.29 bits per heavy atom. The van der Waals surface area contributed by atoms with Gasteiger partial charge in [0.15, 0.2) is 12.3 Å². The summed E-state index contributed by atoms with van der Waals surface area (Å²) in [7, 11) is 1.52. The molecule has 0 saturated carbocycles. The summed E-state index contributed by atoms with van der Waals surface area (Å²) in [6.45, 7) is -0.335. The summed E-state index contributed by atoms with van der Waals surface area (Å²) < 4.78 is 34.7. The SMILES string of the molecule is COc1ccc(Cn2nc3n(c2=O)[C@H](C(=O)N2C[C@@H](F)[C@@H](F)C2)CCC3)cn1. The number of amides is 1. The number of likely N-dealkylation sites (tertiary alicyclic amines) is 1. The van der Waals surface area contributed by atoms with Crippen molar-refractivity contribution in [3.8, 4) is 5.88 Å². The Morgan fingerprint density at radius 2 is 2.04 bits per heavy atom. The second-order valence-corrected chi connectivity index (χ2v) is 7.12. The molecule has 2 aromatic rings. The van der Waals surface area contributed by atoms with Gasteiger partial charge in [0.25, 0.3) is 0 Å². The molecule has 8 nitrogen and oxygen atoms in total. The molecule has 10 heteroatoms. The number of aryl methyl sites for hydroxylation is 1. The third-order valence-electron chi connectivity index (χ3n) is 5.25. The van der Waals surface area contributed by atoms with Crippen molar-refractivity contribution in [2.24, 2.45) is 0 Å². The highest BCUT2D eigenvalue weighted by Gasteiger charge is 2.40. The van der Waals surface area contributed by atoms with Gasteiger partial charge in [-0.2, -0.15) is 5.10 Å². The van der Waals surface area contributed by atoms with E-state index < -0.39 is 30.0 Å². The van der Waals surface area contributed by atoms with Crippen molar-refractivity contribution in [1.29, 1.82) is 0 Å². The molecule has 0 aliphatic carbocycles. The number of nitrogens with zero attached hydrogens (tertiary/aromatic N) is 5. The Balaban J connectivity index is 1.59. The van der Waals surface area contributed by atoms with Crippen LogP contribution in [0.4, 0.5) is 8.78 Å². The summed E-state index contributed by atoms with van der Waals surface area (Å²) in [4.78, 5) is 31.0. The molecule has 4 rings (SSSR count). The fourth-order valence-electron chi connectivity index (χ4n) is 3.78. The maximum Gasteiger partial charge on any atom is 0.346 e. The smallest absolute Gasteiger partial charge is 0.346 e. The molecule has 0 unspecified atom stereocenters. The lowest BCUT2D eigenvalue weighted by Gasteiger charge is -2.26. The molecule has 0 aromatic carbocycles. The molecule has 28 heavy (non-hydrogen) atoms. The van der Waals surface area contributed by atoms with E-state index in [1.807, 2.05) is 0 Å². The van der Waals surface area contributed by atoms with Crippen LogP contribution in [0.3, 0.4) is 0 Å². The Morgan fingerprint density at radius 3 is 2.68 bits per heavy atom. The second-order valence-electron chi connectivity index (χ2n) is 7.12. The quantitative estimate of drug-likeness (QED) is 0.771. The van der Waals surface area contributed by atoms with Gasteiger partial charge >= 0.3 is 5.69 Å². The number of aromatic nitrogens is 4. The van der Waals surface area contributed by atoms with Crippen LogP contribution < -0.4 is 10.4 Å². The molecule has 1 saturated heterocycles. The number of carbonyl (C=O) groups excluding carboxylic acids is 1.